The minimum atomic E-state index is -0.400. The monoisotopic (exact) mass is 486 g/mol. The number of benzene rings is 1. The molecule has 12 heteroatoms. The molecule has 1 aromatic carbocycles. The molecule has 1 fully saturated rings. The van der Waals surface area contributed by atoms with Crippen molar-refractivity contribution in [3.63, 3.8) is 0 Å². The number of azide groups is 1. The predicted octanol–water partition coefficient (Wildman–Crippen LogP) is 2.80. The van der Waals surface area contributed by atoms with Gasteiger partial charge in [-0.2, -0.15) is 0 Å². The minimum Gasteiger partial charge on any atom is -0.379 e. The third-order valence-corrected chi connectivity index (χ3v) is 5.78. The van der Waals surface area contributed by atoms with Crippen LogP contribution in [0, 0.1) is 6.92 Å². The summed E-state index contributed by atoms with van der Waals surface area (Å²) in [4.78, 5) is 22.1. The van der Waals surface area contributed by atoms with Crippen molar-refractivity contribution in [2.24, 2.45) is 11.0 Å². The standard InChI is InChI=1S/C24H26N10O2/c1-17-24(22(15-28-31-25)30-32-29-17)21-8-9-27-14-19(21)4-7-23(35)34(26)20-5-2-18(3-6-20)16-33-10-12-36-13-11-33/h2-9,14H,10-13,15-16,26H2,1H3/b7-4+. The van der Waals surface area contributed by atoms with Gasteiger partial charge in [-0.3, -0.25) is 14.7 Å². The summed E-state index contributed by atoms with van der Waals surface area (Å²) < 4.78 is 5.39. The van der Waals surface area contributed by atoms with Gasteiger partial charge in [0.15, 0.2) is 0 Å². The molecule has 4 rings (SSSR count). The van der Waals surface area contributed by atoms with E-state index in [4.69, 9.17) is 16.1 Å². The van der Waals surface area contributed by atoms with Gasteiger partial charge >= 0.3 is 0 Å². The summed E-state index contributed by atoms with van der Waals surface area (Å²) in [7, 11) is 0. The van der Waals surface area contributed by atoms with Crippen molar-refractivity contribution in [2.45, 2.75) is 20.0 Å². The van der Waals surface area contributed by atoms with Gasteiger partial charge in [0.05, 0.1) is 36.8 Å². The number of carbonyl (C=O) groups excluding carboxylic acids is 1. The molecule has 0 spiro atoms. The molecule has 1 saturated heterocycles. The maximum Gasteiger partial charge on any atom is 0.265 e. The number of anilines is 1. The van der Waals surface area contributed by atoms with Crippen molar-refractivity contribution in [2.75, 3.05) is 31.3 Å². The highest BCUT2D eigenvalue weighted by Gasteiger charge is 2.16. The van der Waals surface area contributed by atoms with E-state index in [0.29, 0.717) is 28.2 Å². The van der Waals surface area contributed by atoms with Gasteiger partial charge in [-0.25, -0.2) is 10.9 Å². The van der Waals surface area contributed by atoms with Gasteiger partial charge < -0.3 is 4.74 Å². The third kappa shape index (κ3) is 6.06. The Bertz CT molecular complexity index is 1280. The molecule has 2 aromatic heterocycles. The highest BCUT2D eigenvalue weighted by Crippen LogP contribution is 2.29. The SMILES string of the molecule is Cc1nnnc(CN=[N+]=[N-])c1-c1ccncc1/C=C/C(=O)N(N)c1ccc(CN2CCOCC2)cc1. The van der Waals surface area contributed by atoms with Gasteiger partial charge in [0.25, 0.3) is 5.91 Å². The molecule has 1 amide bonds. The highest BCUT2D eigenvalue weighted by molar-refractivity contribution is 6.03. The number of aryl methyl sites for hydroxylation is 1. The second-order valence-corrected chi connectivity index (χ2v) is 8.14. The maximum absolute atomic E-state index is 12.8. The fourth-order valence-electron chi connectivity index (χ4n) is 3.93. The highest BCUT2D eigenvalue weighted by atomic mass is 16.5. The number of hydrogen-bond acceptors (Lipinski definition) is 9. The van der Waals surface area contributed by atoms with Crippen molar-refractivity contribution in [3.05, 3.63) is 81.8 Å². The Morgan fingerprint density at radius 1 is 1.25 bits per heavy atom. The molecule has 184 valence electrons. The molecule has 0 unspecified atom stereocenters. The van der Waals surface area contributed by atoms with E-state index in [2.05, 4.69) is 35.3 Å². The van der Waals surface area contributed by atoms with Crippen LogP contribution in [0.15, 0.2) is 53.9 Å². The van der Waals surface area contributed by atoms with Gasteiger partial charge in [-0.1, -0.05) is 17.2 Å². The van der Waals surface area contributed by atoms with E-state index in [1.54, 1.807) is 31.5 Å². The number of hydrazine groups is 1. The van der Waals surface area contributed by atoms with Gasteiger partial charge in [-0.05, 0) is 53.1 Å². The van der Waals surface area contributed by atoms with Crippen molar-refractivity contribution >= 4 is 17.7 Å². The average molecular weight is 487 g/mol. The van der Waals surface area contributed by atoms with Crippen LogP contribution in [0.3, 0.4) is 0 Å². The Hall–Kier alpha value is -4.22. The fourth-order valence-corrected chi connectivity index (χ4v) is 3.93. The second-order valence-electron chi connectivity index (χ2n) is 8.14. The van der Waals surface area contributed by atoms with Crippen LogP contribution in [-0.4, -0.2) is 57.5 Å². The Kier molecular flexibility index (Phi) is 8.27. The number of rotatable bonds is 8. The lowest BCUT2D eigenvalue weighted by Crippen LogP contribution is -2.36. The molecule has 0 saturated carbocycles. The van der Waals surface area contributed by atoms with E-state index in [-0.39, 0.29) is 6.54 Å². The molecule has 3 aromatic rings. The van der Waals surface area contributed by atoms with Crippen LogP contribution in [0.25, 0.3) is 27.6 Å². The smallest absolute Gasteiger partial charge is 0.265 e. The number of hydrogen-bond donors (Lipinski definition) is 1. The van der Waals surface area contributed by atoms with E-state index in [0.717, 1.165) is 49.0 Å². The van der Waals surface area contributed by atoms with E-state index < -0.39 is 5.91 Å². The molecular formula is C24H26N10O2. The molecule has 0 bridgehead atoms. The second kappa shape index (κ2) is 12.0. The van der Waals surface area contributed by atoms with Gasteiger partial charge in [0, 0.05) is 54.1 Å². The number of aromatic nitrogens is 4. The molecule has 0 aliphatic carbocycles. The van der Waals surface area contributed by atoms with E-state index >= 15 is 0 Å². The molecule has 0 radical (unpaired) electrons. The lowest BCUT2D eigenvalue weighted by Gasteiger charge is -2.26. The fraction of sp³-hybridized carbons (Fsp3) is 0.292. The third-order valence-electron chi connectivity index (χ3n) is 5.78. The lowest BCUT2D eigenvalue weighted by atomic mass is 9.98. The molecular weight excluding hydrogens is 460 g/mol. The first-order valence-electron chi connectivity index (χ1n) is 11.4. The van der Waals surface area contributed by atoms with Crippen LogP contribution in [0.2, 0.25) is 0 Å². The number of morpholine rings is 1. The van der Waals surface area contributed by atoms with E-state index in [9.17, 15) is 4.79 Å². The summed E-state index contributed by atoms with van der Waals surface area (Å²) in [5.74, 6) is 5.70. The van der Waals surface area contributed by atoms with E-state index in [1.807, 2.05) is 24.3 Å². The summed E-state index contributed by atoms with van der Waals surface area (Å²) >= 11 is 0. The van der Waals surface area contributed by atoms with Crippen LogP contribution in [-0.2, 0) is 22.6 Å². The number of nitrogens with two attached hydrogens (primary N) is 1. The van der Waals surface area contributed by atoms with Crippen LogP contribution in [0.5, 0.6) is 0 Å². The molecule has 3 heterocycles. The summed E-state index contributed by atoms with van der Waals surface area (Å²) in [6.07, 6.45) is 6.26. The van der Waals surface area contributed by atoms with Crippen LogP contribution >= 0.6 is 0 Å². The zero-order valence-corrected chi connectivity index (χ0v) is 19.9. The largest absolute Gasteiger partial charge is 0.379 e. The maximum atomic E-state index is 12.8. The quantitative estimate of drug-likeness (QED) is 0.0967. The average Bonchev–Trinajstić information content (AvgIpc) is 2.91. The Morgan fingerprint density at radius 3 is 2.78 bits per heavy atom. The molecule has 1 aliphatic heterocycles. The van der Waals surface area contributed by atoms with E-state index in [1.165, 1.54) is 6.08 Å². The minimum absolute atomic E-state index is 0.0186. The molecule has 12 nitrogen and oxygen atoms in total. The van der Waals surface area contributed by atoms with Crippen molar-refractivity contribution in [1.29, 1.82) is 0 Å². The predicted molar refractivity (Wildman–Crippen MR) is 134 cm³/mol. The van der Waals surface area contributed by atoms with Gasteiger partial charge in [-0.15, -0.1) is 10.2 Å². The number of ether oxygens (including phenoxy) is 1. The van der Waals surface area contributed by atoms with Crippen molar-refractivity contribution in [3.8, 4) is 11.1 Å². The summed E-state index contributed by atoms with van der Waals surface area (Å²) in [6, 6.07) is 9.38. The number of nitrogens with zero attached hydrogens (tertiary/aromatic N) is 9. The zero-order valence-electron chi connectivity index (χ0n) is 19.9. The van der Waals surface area contributed by atoms with Crippen LogP contribution in [0.4, 0.5) is 5.69 Å². The first kappa shape index (κ1) is 24.9. The topological polar surface area (TPSA) is 159 Å². The van der Waals surface area contributed by atoms with Gasteiger partial charge in [0.2, 0.25) is 0 Å². The normalized spacial score (nSPS) is 13.9. The van der Waals surface area contributed by atoms with Crippen LogP contribution in [0.1, 0.15) is 22.5 Å². The Balaban J connectivity index is 1.50. The van der Waals surface area contributed by atoms with Crippen molar-refractivity contribution in [1.82, 2.24) is 25.3 Å². The first-order valence-corrected chi connectivity index (χ1v) is 11.4. The van der Waals surface area contributed by atoms with Gasteiger partial charge in [0.1, 0.15) is 0 Å². The Morgan fingerprint density at radius 2 is 2.03 bits per heavy atom. The molecule has 36 heavy (non-hydrogen) atoms. The molecule has 1 aliphatic rings. The van der Waals surface area contributed by atoms with Crippen LogP contribution < -0.4 is 10.9 Å². The summed E-state index contributed by atoms with van der Waals surface area (Å²) in [5, 5.41) is 16.5. The first-order chi connectivity index (χ1) is 17.6. The molecule has 0 atom stereocenters. The van der Waals surface area contributed by atoms with Crippen molar-refractivity contribution < 1.29 is 9.53 Å². The summed E-state index contributed by atoms with van der Waals surface area (Å²) in [6.45, 7) is 5.93. The number of amides is 1. The lowest BCUT2D eigenvalue weighted by molar-refractivity contribution is -0.114. The number of carbonyl (C=O) groups is 1. The Labute approximate surface area is 208 Å². The number of pyridine rings is 1. The summed E-state index contributed by atoms with van der Waals surface area (Å²) in [5.41, 5.74) is 13.6. The zero-order chi connectivity index (χ0) is 25.3. The molecule has 2 N–H and O–H groups in total.